The van der Waals surface area contributed by atoms with Crippen LogP contribution in [0.5, 0.6) is 0 Å². The summed E-state index contributed by atoms with van der Waals surface area (Å²) in [6, 6.07) is -1.16. The van der Waals surface area contributed by atoms with Gasteiger partial charge in [-0.25, -0.2) is 0 Å². The van der Waals surface area contributed by atoms with Crippen LogP contribution >= 0.6 is 0 Å². The van der Waals surface area contributed by atoms with Crippen molar-refractivity contribution in [3.63, 3.8) is 0 Å². The second kappa shape index (κ2) is 5.68. The zero-order valence-electron chi connectivity index (χ0n) is 7.20. The molecule has 0 bridgehead atoms. The van der Waals surface area contributed by atoms with Gasteiger partial charge in [-0.2, -0.15) is 0 Å². The van der Waals surface area contributed by atoms with Gasteiger partial charge >= 0.3 is 0 Å². The monoisotopic (exact) mass is 174 g/mol. The molecule has 12 heavy (non-hydrogen) atoms. The van der Waals surface area contributed by atoms with Crippen molar-refractivity contribution in [3.05, 3.63) is 0 Å². The molecule has 1 amide bonds. The molecule has 0 aromatic carbocycles. The molecule has 0 aliphatic heterocycles. The van der Waals surface area contributed by atoms with Crippen LogP contribution in [0.3, 0.4) is 0 Å². The number of aliphatic hydroxyl groups is 1. The van der Waals surface area contributed by atoms with Crippen molar-refractivity contribution in [2.24, 2.45) is 0 Å². The average Bonchev–Trinajstić information content (AvgIpc) is 2.06. The number of nitrogens with one attached hydrogen (secondary N) is 2. The Morgan fingerprint density at radius 1 is 1.67 bits per heavy atom. The van der Waals surface area contributed by atoms with E-state index >= 15 is 0 Å². The standard InChI is InChI=1S/C7H14N2O3/c1-5(3-10)9-7(12)6(4-11)8-2/h3,5-6,8,11H,4H2,1-2H3,(H,9,12)/t5-,6-/m0/s1. The first-order valence-electron chi connectivity index (χ1n) is 3.69. The van der Waals surface area contributed by atoms with Crippen LogP contribution in [0.25, 0.3) is 0 Å². The summed E-state index contributed by atoms with van der Waals surface area (Å²) in [6.07, 6.45) is 0.627. The highest BCUT2D eigenvalue weighted by Gasteiger charge is 2.16. The molecule has 0 saturated heterocycles. The van der Waals surface area contributed by atoms with E-state index in [2.05, 4.69) is 10.6 Å². The number of hydrogen-bond donors (Lipinski definition) is 3. The summed E-state index contributed by atoms with van der Waals surface area (Å²) in [6.45, 7) is 1.28. The van der Waals surface area contributed by atoms with Crippen LogP contribution in [0, 0.1) is 0 Å². The Labute approximate surface area is 71.1 Å². The topological polar surface area (TPSA) is 78.4 Å². The molecule has 0 aliphatic rings. The fraction of sp³-hybridized carbons (Fsp3) is 0.714. The zero-order chi connectivity index (χ0) is 9.56. The summed E-state index contributed by atoms with van der Waals surface area (Å²) in [5.41, 5.74) is 0. The Bertz CT molecular complexity index is 157. The third-order valence-corrected chi connectivity index (χ3v) is 1.42. The predicted molar refractivity (Wildman–Crippen MR) is 43.6 cm³/mol. The van der Waals surface area contributed by atoms with E-state index in [-0.39, 0.29) is 12.5 Å². The smallest absolute Gasteiger partial charge is 0.240 e. The third kappa shape index (κ3) is 3.45. The van der Waals surface area contributed by atoms with Gasteiger partial charge in [-0.1, -0.05) is 0 Å². The summed E-state index contributed by atoms with van der Waals surface area (Å²) in [5, 5.41) is 13.7. The summed E-state index contributed by atoms with van der Waals surface area (Å²) in [7, 11) is 1.56. The minimum absolute atomic E-state index is 0.284. The number of rotatable bonds is 5. The Balaban J connectivity index is 3.92. The molecular weight excluding hydrogens is 160 g/mol. The number of carbonyl (C=O) groups is 2. The van der Waals surface area contributed by atoms with Gasteiger partial charge in [-0.15, -0.1) is 0 Å². The maximum atomic E-state index is 11.1. The van der Waals surface area contributed by atoms with Crippen molar-refractivity contribution in [2.45, 2.75) is 19.0 Å². The van der Waals surface area contributed by atoms with Crippen LogP contribution in [-0.4, -0.2) is 43.0 Å². The van der Waals surface area contributed by atoms with Gasteiger partial charge in [0, 0.05) is 0 Å². The maximum Gasteiger partial charge on any atom is 0.240 e. The molecule has 0 aliphatic carbocycles. The number of aldehydes is 1. The van der Waals surface area contributed by atoms with Crippen molar-refractivity contribution in [3.8, 4) is 0 Å². The first-order chi connectivity index (χ1) is 5.65. The predicted octanol–water partition coefficient (Wildman–Crippen LogP) is -1.73. The number of aliphatic hydroxyl groups excluding tert-OH is 1. The zero-order valence-corrected chi connectivity index (χ0v) is 7.20. The molecule has 3 N–H and O–H groups in total. The second-order valence-electron chi connectivity index (χ2n) is 2.46. The molecule has 0 aromatic heterocycles. The first-order valence-corrected chi connectivity index (χ1v) is 3.69. The summed E-state index contributed by atoms with van der Waals surface area (Å²) >= 11 is 0. The third-order valence-electron chi connectivity index (χ3n) is 1.42. The van der Waals surface area contributed by atoms with Crippen molar-refractivity contribution in [1.82, 2.24) is 10.6 Å². The minimum atomic E-state index is -0.646. The molecule has 5 nitrogen and oxygen atoms in total. The molecular formula is C7H14N2O3. The van der Waals surface area contributed by atoms with Gasteiger partial charge < -0.3 is 20.5 Å². The largest absolute Gasteiger partial charge is 0.394 e. The van der Waals surface area contributed by atoms with E-state index in [1.165, 1.54) is 0 Å². The van der Waals surface area contributed by atoms with Gasteiger partial charge in [0.25, 0.3) is 0 Å². The molecule has 0 fully saturated rings. The molecule has 0 unspecified atom stereocenters. The van der Waals surface area contributed by atoms with Gasteiger partial charge in [-0.3, -0.25) is 4.79 Å². The SMILES string of the molecule is CN[C@@H](CO)C(=O)N[C@@H](C)C=O. The summed E-state index contributed by atoms with van der Waals surface area (Å²) in [4.78, 5) is 21.2. The van der Waals surface area contributed by atoms with Crippen LogP contribution < -0.4 is 10.6 Å². The molecule has 0 heterocycles. The average molecular weight is 174 g/mol. The fourth-order valence-electron chi connectivity index (χ4n) is 0.664. The van der Waals surface area contributed by atoms with E-state index in [1.54, 1.807) is 14.0 Å². The van der Waals surface area contributed by atoms with Crippen LogP contribution in [0.2, 0.25) is 0 Å². The second-order valence-corrected chi connectivity index (χ2v) is 2.46. The maximum absolute atomic E-state index is 11.1. The fourth-order valence-corrected chi connectivity index (χ4v) is 0.664. The van der Waals surface area contributed by atoms with Crippen LogP contribution in [0.4, 0.5) is 0 Å². The van der Waals surface area contributed by atoms with E-state index in [4.69, 9.17) is 5.11 Å². The molecule has 0 aromatic rings. The molecule has 0 saturated carbocycles. The number of likely N-dealkylation sites (N-methyl/N-ethyl adjacent to an activating group) is 1. The lowest BCUT2D eigenvalue weighted by molar-refractivity contribution is -0.126. The van der Waals surface area contributed by atoms with Gasteiger partial charge in [-0.05, 0) is 14.0 Å². The molecule has 2 atom stereocenters. The van der Waals surface area contributed by atoms with Crippen LogP contribution in [-0.2, 0) is 9.59 Å². The molecule has 0 spiro atoms. The van der Waals surface area contributed by atoms with Crippen LogP contribution in [0.15, 0.2) is 0 Å². The van der Waals surface area contributed by atoms with Crippen molar-refractivity contribution in [1.29, 1.82) is 0 Å². The van der Waals surface area contributed by atoms with Crippen molar-refractivity contribution < 1.29 is 14.7 Å². The number of amides is 1. The van der Waals surface area contributed by atoms with E-state index < -0.39 is 12.1 Å². The molecule has 0 rings (SSSR count). The molecule has 5 heteroatoms. The lowest BCUT2D eigenvalue weighted by Gasteiger charge is -2.14. The summed E-state index contributed by atoms with van der Waals surface area (Å²) < 4.78 is 0. The Hall–Kier alpha value is -0.940. The minimum Gasteiger partial charge on any atom is -0.394 e. The lowest BCUT2D eigenvalue weighted by Crippen LogP contribution is -2.48. The van der Waals surface area contributed by atoms with E-state index in [0.717, 1.165) is 0 Å². The molecule has 0 radical (unpaired) electrons. The van der Waals surface area contributed by atoms with Crippen molar-refractivity contribution >= 4 is 12.2 Å². The highest BCUT2D eigenvalue weighted by Crippen LogP contribution is 1.83. The Morgan fingerprint density at radius 2 is 2.25 bits per heavy atom. The van der Waals surface area contributed by atoms with Crippen molar-refractivity contribution in [2.75, 3.05) is 13.7 Å². The highest BCUT2D eigenvalue weighted by molar-refractivity contribution is 5.84. The number of carbonyl (C=O) groups excluding carboxylic acids is 2. The van der Waals surface area contributed by atoms with Crippen LogP contribution in [0.1, 0.15) is 6.92 Å². The van der Waals surface area contributed by atoms with Gasteiger partial charge in [0.15, 0.2) is 0 Å². The summed E-state index contributed by atoms with van der Waals surface area (Å²) in [5.74, 6) is -0.375. The number of hydrogen-bond acceptors (Lipinski definition) is 4. The Kier molecular flexibility index (Phi) is 5.23. The van der Waals surface area contributed by atoms with Gasteiger partial charge in [0.2, 0.25) is 5.91 Å². The van der Waals surface area contributed by atoms with E-state index in [1.807, 2.05) is 0 Å². The molecule has 70 valence electrons. The lowest BCUT2D eigenvalue weighted by atomic mass is 10.2. The quantitative estimate of drug-likeness (QED) is 0.433. The van der Waals surface area contributed by atoms with E-state index in [0.29, 0.717) is 6.29 Å². The highest BCUT2D eigenvalue weighted by atomic mass is 16.3. The first kappa shape index (κ1) is 11.1. The van der Waals surface area contributed by atoms with E-state index in [9.17, 15) is 9.59 Å². The van der Waals surface area contributed by atoms with Gasteiger partial charge in [0.1, 0.15) is 12.3 Å². The normalized spacial score (nSPS) is 14.9. The Morgan fingerprint density at radius 3 is 2.58 bits per heavy atom. The van der Waals surface area contributed by atoms with Gasteiger partial charge in [0.05, 0.1) is 12.6 Å².